The van der Waals surface area contributed by atoms with Crippen LogP contribution in [0.5, 0.6) is 0 Å². The highest BCUT2D eigenvalue weighted by molar-refractivity contribution is 5.79. The van der Waals surface area contributed by atoms with Crippen LogP contribution in [-0.4, -0.2) is 11.8 Å². The molecule has 18 heavy (non-hydrogen) atoms. The molecule has 0 aliphatic heterocycles. The molecular weight excluding hydrogens is 235 g/mol. The van der Waals surface area contributed by atoms with Crippen molar-refractivity contribution in [2.24, 2.45) is 11.7 Å². The van der Waals surface area contributed by atoms with Gasteiger partial charge in [0.15, 0.2) is 0 Å². The summed E-state index contributed by atoms with van der Waals surface area (Å²) in [6, 6.07) is 5.91. The van der Waals surface area contributed by atoms with Crippen molar-refractivity contribution in [1.29, 1.82) is 0 Å². The molecule has 0 heterocycles. The second-order valence-electron chi connectivity index (χ2n) is 4.25. The van der Waals surface area contributed by atoms with Crippen LogP contribution in [-0.2, 0) is 16.1 Å². The highest BCUT2D eigenvalue weighted by Crippen LogP contribution is 2.05. The van der Waals surface area contributed by atoms with Crippen LogP contribution in [0, 0.1) is 11.7 Å². The van der Waals surface area contributed by atoms with Crippen molar-refractivity contribution in [3.63, 3.8) is 0 Å². The molecule has 1 aromatic rings. The molecule has 98 valence electrons. The summed E-state index contributed by atoms with van der Waals surface area (Å²) in [5.41, 5.74) is 5.92. The number of halogens is 1. The Hall–Kier alpha value is -1.91. The number of nitrogens with one attached hydrogen (secondary N) is 1. The van der Waals surface area contributed by atoms with Crippen molar-refractivity contribution in [3.8, 4) is 0 Å². The van der Waals surface area contributed by atoms with Gasteiger partial charge in [0, 0.05) is 18.9 Å². The lowest BCUT2D eigenvalue weighted by molar-refractivity contribution is -0.123. The quantitative estimate of drug-likeness (QED) is 0.802. The second kappa shape index (κ2) is 6.74. The van der Waals surface area contributed by atoms with Gasteiger partial charge in [0.1, 0.15) is 5.82 Å². The molecule has 2 amide bonds. The van der Waals surface area contributed by atoms with Crippen LogP contribution in [0.15, 0.2) is 24.3 Å². The Kier molecular flexibility index (Phi) is 5.30. The highest BCUT2D eigenvalue weighted by atomic mass is 19.1. The first-order valence-electron chi connectivity index (χ1n) is 5.79. The van der Waals surface area contributed by atoms with E-state index in [4.69, 9.17) is 5.73 Å². The zero-order chi connectivity index (χ0) is 13.5. The number of hydrogen-bond acceptors (Lipinski definition) is 2. The molecule has 4 nitrogen and oxygen atoms in total. The van der Waals surface area contributed by atoms with E-state index in [2.05, 4.69) is 5.32 Å². The predicted octanol–water partition coefficient (Wildman–Crippen LogP) is 1.34. The fraction of sp³-hybridized carbons (Fsp3) is 0.385. The number of carbonyl (C=O) groups is 2. The van der Waals surface area contributed by atoms with Gasteiger partial charge in [-0.2, -0.15) is 0 Å². The predicted molar refractivity (Wildman–Crippen MR) is 65.8 cm³/mol. The SMILES string of the molecule is CC(CCC(=O)NCc1ccc(F)cc1)C(N)=O. The van der Waals surface area contributed by atoms with Gasteiger partial charge in [-0.1, -0.05) is 19.1 Å². The van der Waals surface area contributed by atoms with Crippen molar-refractivity contribution >= 4 is 11.8 Å². The molecule has 0 spiro atoms. The van der Waals surface area contributed by atoms with Crippen LogP contribution in [0.4, 0.5) is 4.39 Å². The minimum atomic E-state index is -0.402. The Morgan fingerprint density at radius 3 is 2.50 bits per heavy atom. The summed E-state index contributed by atoms with van der Waals surface area (Å²) in [5, 5.41) is 2.70. The molecule has 0 fully saturated rings. The van der Waals surface area contributed by atoms with Gasteiger partial charge in [-0.05, 0) is 24.1 Å². The molecule has 0 aliphatic carbocycles. The van der Waals surface area contributed by atoms with E-state index in [9.17, 15) is 14.0 Å². The van der Waals surface area contributed by atoms with Gasteiger partial charge in [0.25, 0.3) is 0 Å². The Balaban J connectivity index is 2.29. The Morgan fingerprint density at radius 1 is 1.33 bits per heavy atom. The van der Waals surface area contributed by atoms with E-state index in [-0.39, 0.29) is 24.1 Å². The molecular formula is C13H17FN2O2. The minimum Gasteiger partial charge on any atom is -0.369 e. The molecule has 0 aromatic heterocycles. The fourth-order valence-corrected chi connectivity index (χ4v) is 1.38. The van der Waals surface area contributed by atoms with E-state index in [1.165, 1.54) is 12.1 Å². The smallest absolute Gasteiger partial charge is 0.220 e. The maximum atomic E-state index is 12.6. The van der Waals surface area contributed by atoms with Crippen molar-refractivity contribution in [1.82, 2.24) is 5.32 Å². The lowest BCUT2D eigenvalue weighted by atomic mass is 10.1. The van der Waals surface area contributed by atoms with Gasteiger partial charge in [0.2, 0.25) is 11.8 Å². The summed E-state index contributed by atoms with van der Waals surface area (Å²) in [4.78, 5) is 22.3. The van der Waals surface area contributed by atoms with Crippen LogP contribution in [0.1, 0.15) is 25.3 Å². The molecule has 0 aliphatic rings. The lowest BCUT2D eigenvalue weighted by Gasteiger charge is -2.08. The first kappa shape index (κ1) is 14.2. The zero-order valence-electron chi connectivity index (χ0n) is 10.3. The molecule has 1 rings (SSSR count). The number of nitrogens with two attached hydrogens (primary N) is 1. The second-order valence-corrected chi connectivity index (χ2v) is 4.25. The van der Waals surface area contributed by atoms with E-state index in [0.717, 1.165) is 5.56 Å². The molecule has 3 N–H and O–H groups in total. The maximum absolute atomic E-state index is 12.6. The van der Waals surface area contributed by atoms with Gasteiger partial charge in [-0.3, -0.25) is 9.59 Å². The first-order chi connectivity index (χ1) is 8.49. The third-order valence-electron chi connectivity index (χ3n) is 2.69. The Morgan fingerprint density at radius 2 is 1.94 bits per heavy atom. The number of hydrogen-bond donors (Lipinski definition) is 2. The van der Waals surface area contributed by atoms with Crippen molar-refractivity contribution in [2.45, 2.75) is 26.3 Å². The topological polar surface area (TPSA) is 72.2 Å². The van der Waals surface area contributed by atoms with Crippen LogP contribution in [0.25, 0.3) is 0 Å². The van der Waals surface area contributed by atoms with Gasteiger partial charge in [-0.15, -0.1) is 0 Å². The summed E-state index contributed by atoms with van der Waals surface area (Å²) in [5.74, 6) is -1.16. The van der Waals surface area contributed by atoms with Crippen LogP contribution in [0.2, 0.25) is 0 Å². The molecule has 1 unspecified atom stereocenters. The third-order valence-corrected chi connectivity index (χ3v) is 2.69. The Bertz CT molecular complexity index is 418. The number of rotatable bonds is 6. The molecule has 1 atom stereocenters. The van der Waals surface area contributed by atoms with Crippen molar-refractivity contribution in [2.75, 3.05) is 0 Å². The number of carbonyl (C=O) groups excluding carboxylic acids is 2. The van der Waals surface area contributed by atoms with Crippen LogP contribution < -0.4 is 11.1 Å². The van der Waals surface area contributed by atoms with Gasteiger partial charge < -0.3 is 11.1 Å². The highest BCUT2D eigenvalue weighted by Gasteiger charge is 2.10. The largest absolute Gasteiger partial charge is 0.369 e. The molecule has 1 aromatic carbocycles. The van der Waals surface area contributed by atoms with E-state index < -0.39 is 5.91 Å². The molecule has 0 bridgehead atoms. The van der Waals surface area contributed by atoms with E-state index in [0.29, 0.717) is 13.0 Å². The minimum absolute atomic E-state index is 0.146. The molecule has 0 saturated carbocycles. The fourth-order valence-electron chi connectivity index (χ4n) is 1.38. The summed E-state index contributed by atoms with van der Waals surface area (Å²) in [7, 11) is 0. The number of amides is 2. The summed E-state index contributed by atoms with van der Waals surface area (Å²) in [6.45, 7) is 2.04. The first-order valence-corrected chi connectivity index (χ1v) is 5.79. The molecule has 0 radical (unpaired) electrons. The molecule has 5 heteroatoms. The average molecular weight is 252 g/mol. The van der Waals surface area contributed by atoms with Crippen LogP contribution in [0.3, 0.4) is 0 Å². The van der Waals surface area contributed by atoms with E-state index in [1.807, 2.05) is 0 Å². The maximum Gasteiger partial charge on any atom is 0.220 e. The van der Waals surface area contributed by atoms with Crippen molar-refractivity contribution < 1.29 is 14.0 Å². The van der Waals surface area contributed by atoms with Gasteiger partial charge in [0.05, 0.1) is 0 Å². The van der Waals surface area contributed by atoms with E-state index >= 15 is 0 Å². The van der Waals surface area contributed by atoms with Gasteiger partial charge in [-0.25, -0.2) is 4.39 Å². The third kappa shape index (κ3) is 4.95. The van der Waals surface area contributed by atoms with Crippen LogP contribution >= 0.6 is 0 Å². The summed E-state index contributed by atoms with van der Waals surface area (Å²) in [6.07, 6.45) is 0.690. The Labute approximate surface area is 105 Å². The van der Waals surface area contributed by atoms with E-state index in [1.54, 1.807) is 19.1 Å². The normalized spacial score (nSPS) is 11.9. The zero-order valence-corrected chi connectivity index (χ0v) is 10.3. The number of benzene rings is 1. The monoisotopic (exact) mass is 252 g/mol. The lowest BCUT2D eigenvalue weighted by Crippen LogP contribution is -2.26. The number of primary amides is 1. The molecule has 0 saturated heterocycles. The van der Waals surface area contributed by atoms with Crippen molar-refractivity contribution in [3.05, 3.63) is 35.6 Å². The van der Waals surface area contributed by atoms with Gasteiger partial charge >= 0.3 is 0 Å². The summed E-state index contributed by atoms with van der Waals surface area (Å²) >= 11 is 0. The average Bonchev–Trinajstić information content (AvgIpc) is 2.35. The standard InChI is InChI=1S/C13H17FN2O2/c1-9(13(15)18)2-7-12(17)16-8-10-3-5-11(14)6-4-10/h3-6,9H,2,7-8H2,1H3,(H2,15,18)(H,16,17). The summed E-state index contributed by atoms with van der Waals surface area (Å²) < 4.78 is 12.6.